The van der Waals surface area contributed by atoms with Gasteiger partial charge in [-0.15, -0.1) is 0 Å². The van der Waals surface area contributed by atoms with Crippen molar-refractivity contribution < 1.29 is 56.9 Å². The lowest BCUT2D eigenvalue weighted by Gasteiger charge is -2.14. The summed E-state index contributed by atoms with van der Waals surface area (Å²) in [5, 5.41) is 2.74. The van der Waals surface area contributed by atoms with Crippen LogP contribution in [0.3, 0.4) is 0 Å². The summed E-state index contributed by atoms with van der Waals surface area (Å²) in [7, 11) is 0. The van der Waals surface area contributed by atoms with Gasteiger partial charge in [-0.1, -0.05) is 48.5 Å². The molecule has 2 aromatic carbocycles. The molecule has 0 aromatic heterocycles. The third-order valence-corrected chi connectivity index (χ3v) is 7.47. The zero-order valence-corrected chi connectivity index (χ0v) is 29.9. The Morgan fingerprint density at radius 3 is 1.14 bits per heavy atom. The van der Waals surface area contributed by atoms with Crippen LogP contribution in [0.15, 0.2) is 48.5 Å². The zero-order chi connectivity index (χ0) is 35.9. The van der Waals surface area contributed by atoms with Crippen molar-refractivity contribution in [2.24, 2.45) is 5.73 Å². The Balaban J connectivity index is 0.965. The average molecular weight is 723 g/mol. The number of benzene rings is 2. The maximum Gasteiger partial charge on any atom is 0.407 e. The first-order valence-electron chi connectivity index (χ1n) is 17.9. The molecular weight excluding hydrogens is 664 g/mol. The summed E-state index contributed by atoms with van der Waals surface area (Å²) in [6.45, 7) is 11.0. The van der Waals surface area contributed by atoms with Crippen LogP contribution in [0.25, 0.3) is 11.1 Å². The fourth-order valence-corrected chi connectivity index (χ4v) is 5.04. The standard InChI is InChI=1S/C37H58N2O12/c38-9-11-41-13-15-43-17-19-45-21-23-47-25-27-49-29-30-50-28-26-48-24-22-46-20-18-44-16-14-42-12-10-39-37(40)51-31-36-34-7-3-1-5-32(34)33-6-2-4-8-35(33)36/h1-8,36H,9-31,38H2,(H,39,40). The highest BCUT2D eigenvalue weighted by molar-refractivity contribution is 5.79. The Bertz CT molecular complexity index is 1100. The Hall–Kier alpha value is -2.73. The first-order chi connectivity index (χ1) is 25.3. The molecule has 0 saturated carbocycles. The summed E-state index contributed by atoms with van der Waals surface area (Å²) >= 11 is 0. The molecule has 51 heavy (non-hydrogen) atoms. The number of alkyl carbamates (subject to hydrolysis) is 1. The Labute approximate surface area is 302 Å². The molecule has 288 valence electrons. The van der Waals surface area contributed by atoms with Crippen LogP contribution >= 0.6 is 0 Å². The minimum absolute atomic E-state index is 0.0376. The predicted molar refractivity (Wildman–Crippen MR) is 190 cm³/mol. The second-order valence-corrected chi connectivity index (χ2v) is 11.2. The highest BCUT2D eigenvalue weighted by atomic mass is 16.6. The number of carbonyl (C=O) groups is 1. The van der Waals surface area contributed by atoms with Crippen molar-refractivity contribution in [3.8, 4) is 11.1 Å². The van der Waals surface area contributed by atoms with Crippen LogP contribution in [0.5, 0.6) is 0 Å². The largest absolute Gasteiger partial charge is 0.449 e. The molecule has 2 aromatic rings. The van der Waals surface area contributed by atoms with Gasteiger partial charge in [0.1, 0.15) is 6.61 Å². The molecule has 0 atom stereocenters. The lowest BCUT2D eigenvalue weighted by atomic mass is 9.98. The summed E-state index contributed by atoms with van der Waals surface area (Å²) < 4.78 is 60.0. The molecule has 3 N–H and O–H groups in total. The van der Waals surface area contributed by atoms with Gasteiger partial charge in [-0.3, -0.25) is 0 Å². The van der Waals surface area contributed by atoms with Crippen molar-refractivity contribution in [3.63, 3.8) is 0 Å². The van der Waals surface area contributed by atoms with Crippen LogP contribution in [0.1, 0.15) is 17.0 Å². The normalized spacial score (nSPS) is 12.3. The molecule has 0 bridgehead atoms. The van der Waals surface area contributed by atoms with Crippen molar-refractivity contribution in [1.29, 1.82) is 0 Å². The summed E-state index contributed by atoms with van der Waals surface area (Å²) in [5.74, 6) is 0.0376. The highest BCUT2D eigenvalue weighted by Gasteiger charge is 2.28. The number of carbonyl (C=O) groups excluding carboxylic acids is 1. The van der Waals surface area contributed by atoms with Crippen LogP contribution in [-0.4, -0.2) is 158 Å². The quantitative estimate of drug-likeness (QED) is 0.102. The molecule has 0 radical (unpaired) electrons. The van der Waals surface area contributed by atoms with E-state index in [1.807, 2.05) is 24.3 Å². The van der Waals surface area contributed by atoms with E-state index in [4.69, 9.17) is 57.8 Å². The molecule has 0 unspecified atom stereocenters. The van der Waals surface area contributed by atoms with Crippen molar-refractivity contribution >= 4 is 6.09 Å². The topological polar surface area (TPSA) is 157 Å². The van der Waals surface area contributed by atoms with Crippen LogP contribution in [0, 0.1) is 0 Å². The predicted octanol–water partition coefficient (Wildman–Crippen LogP) is 2.65. The Morgan fingerprint density at radius 1 is 0.471 bits per heavy atom. The van der Waals surface area contributed by atoms with Gasteiger partial charge in [0.2, 0.25) is 0 Å². The van der Waals surface area contributed by atoms with Gasteiger partial charge < -0.3 is 63.2 Å². The van der Waals surface area contributed by atoms with Crippen molar-refractivity contribution in [1.82, 2.24) is 5.32 Å². The zero-order valence-electron chi connectivity index (χ0n) is 29.9. The molecular formula is C37H58N2O12. The molecule has 1 amide bonds. The lowest BCUT2D eigenvalue weighted by Crippen LogP contribution is -2.29. The molecule has 14 heteroatoms. The first kappa shape index (κ1) is 42.7. The van der Waals surface area contributed by atoms with Crippen molar-refractivity contribution in [2.45, 2.75) is 5.92 Å². The molecule has 0 fully saturated rings. The van der Waals surface area contributed by atoms with Crippen molar-refractivity contribution in [3.05, 3.63) is 59.7 Å². The summed E-state index contributed by atoms with van der Waals surface area (Å²) in [5.41, 5.74) is 10.1. The molecule has 0 saturated heterocycles. The fraction of sp³-hybridized carbons (Fsp3) is 0.649. The number of amides is 1. The van der Waals surface area contributed by atoms with Gasteiger partial charge in [-0.2, -0.15) is 0 Å². The average Bonchev–Trinajstić information content (AvgIpc) is 3.48. The number of rotatable bonds is 34. The van der Waals surface area contributed by atoms with Gasteiger partial charge in [0.15, 0.2) is 0 Å². The monoisotopic (exact) mass is 722 g/mol. The minimum atomic E-state index is -0.452. The maximum absolute atomic E-state index is 12.2. The van der Waals surface area contributed by atoms with Gasteiger partial charge in [-0.05, 0) is 22.3 Å². The number of hydrogen-bond acceptors (Lipinski definition) is 13. The van der Waals surface area contributed by atoms with E-state index in [0.717, 1.165) is 0 Å². The maximum atomic E-state index is 12.2. The molecule has 14 nitrogen and oxygen atoms in total. The number of ether oxygens (including phenoxy) is 11. The van der Waals surface area contributed by atoms with Crippen LogP contribution in [-0.2, 0) is 52.1 Å². The highest BCUT2D eigenvalue weighted by Crippen LogP contribution is 2.44. The Kier molecular flexibility index (Phi) is 24.9. The van der Waals surface area contributed by atoms with Gasteiger partial charge in [-0.25, -0.2) is 4.79 Å². The third kappa shape index (κ3) is 19.6. The van der Waals surface area contributed by atoms with E-state index in [2.05, 4.69) is 29.6 Å². The smallest absolute Gasteiger partial charge is 0.407 e. The summed E-state index contributed by atoms with van der Waals surface area (Å²) in [4.78, 5) is 12.2. The molecule has 0 aliphatic heterocycles. The third-order valence-electron chi connectivity index (χ3n) is 7.47. The molecule has 0 heterocycles. The molecule has 0 spiro atoms. The van der Waals surface area contributed by atoms with Gasteiger partial charge in [0.25, 0.3) is 0 Å². The van der Waals surface area contributed by atoms with Crippen molar-refractivity contribution in [2.75, 3.05) is 152 Å². The van der Waals surface area contributed by atoms with Crippen LogP contribution in [0.2, 0.25) is 0 Å². The van der Waals surface area contributed by atoms with E-state index in [-0.39, 0.29) is 12.5 Å². The van der Waals surface area contributed by atoms with Gasteiger partial charge in [0, 0.05) is 19.0 Å². The molecule has 1 aliphatic rings. The van der Waals surface area contributed by atoms with Crippen LogP contribution < -0.4 is 11.1 Å². The molecule has 3 rings (SSSR count). The Morgan fingerprint density at radius 2 is 0.784 bits per heavy atom. The fourth-order valence-electron chi connectivity index (χ4n) is 5.04. The molecule has 1 aliphatic carbocycles. The second-order valence-electron chi connectivity index (χ2n) is 11.2. The lowest BCUT2D eigenvalue weighted by molar-refractivity contribution is -0.0262. The first-order valence-corrected chi connectivity index (χ1v) is 17.9. The summed E-state index contributed by atoms with van der Waals surface area (Å²) in [6.07, 6.45) is -0.452. The number of hydrogen-bond donors (Lipinski definition) is 2. The SMILES string of the molecule is NCCOCCOCCOCCOCCOCCOCCOCCOCCOCCOCCNC(=O)OCC1c2ccccc2-c2ccccc21. The van der Waals surface area contributed by atoms with E-state index < -0.39 is 6.09 Å². The van der Waals surface area contributed by atoms with E-state index in [1.165, 1.54) is 22.3 Å². The van der Waals surface area contributed by atoms with E-state index in [9.17, 15) is 4.79 Å². The second kappa shape index (κ2) is 29.8. The number of fused-ring (bicyclic) bond motifs is 3. The summed E-state index contributed by atoms with van der Waals surface area (Å²) in [6, 6.07) is 16.5. The van der Waals surface area contributed by atoms with E-state index >= 15 is 0 Å². The number of nitrogens with two attached hydrogens (primary N) is 1. The van der Waals surface area contributed by atoms with Gasteiger partial charge >= 0.3 is 6.09 Å². The number of nitrogens with one attached hydrogen (secondary N) is 1. The van der Waals surface area contributed by atoms with Gasteiger partial charge in [0.05, 0.1) is 132 Å². The van der Waals surface area contributed by atoms with E-state index in [0.29, 0.717) is 145 Å². The van der Waals surface area contributed by atoms with Crippen LogP contribution in [0.4, 0.5) is 4.79 Å². The minimum Gasteiger partial charge on any atom is -0.449 e. The van der Waals surface area contributed by atoms with E-state index in [1.54, 1.807) is 0 Å².